The van der Waals surface area contributed by atoms with E-state index in [1.165, 1.54) is 5.56 Å². The molecule has 0 saturated carbocycles. The lowest BCUT2D eigenvalue weighted by Crippen LogP contribution is -2.30. The van der Waals surface area contributed by atoms with Gasteiger partial charge in [-0.25, -0.2) is 0 Å². The van der Waals surface area contributed by atoms with Crippen LogP contribution in [0.3, 0.4) is 0 Å². The second-order valence-corrected chi connectivity index (χ2v) is 5.29. The molecule has 1 aromatic carbocycles. The third kappa shape index (κ3) is 3.70. The van der Waals surface area contributed by atoms with E-state index >= 15 is 0 Å². The van der Waals surface area contributed by atoms with Crippen molar-refractivity contribution >= 4 is 11.6 Å². The van der Waals surface area contributed by atoms with E-state index < -0.39 is 0 Å². The van der Waals surface area contributed by atoms with Crippen LogP contribution in [-0.4, -0.2) is 30.7 Å². The average molecular weight is 262 g/mol. The average Bonchev–Trinajstić information content (AvgIpc) is 2.80. The number of anilines is 1. The maximum absolute atomic E-state index is 11.9. The fraction of sp³-hybridized carbons (Fsp3) is 0.533. The van der Waals surface area contributed by atoms with E-state index in [4.69, 9.17) is 5.11 Å². The van der Waals surface area contributed by atoms with Gasteiger partial charge in [-0.05, 0) is 24.0 Å². The number of aliphatic hydroxyl groups excluding tert-OH is 1. The van der Waals surface area contributed by atoms with Gasteiger partial charge in [0.05, 0.1) is 0 Å². The van der Waals surface area contributed by atoms with Crippen LogP contribution < -0.4 is 10.6 Å². The molecular weight excluding hydrogens is 240 g/mol. The van der Waals surface area contributed by atoms with Crippen molar-refractivity contribution in [3.8, 4) is 0 Å². The third-order valence-electron chi connectivity index (χ3n) is 3.64. The topological polar surface area (TPSA) is 61.4 Å². The molecule has 1 aliphatic rings. The number of carbonyl (C=O) groups excluding carboxylic acids is 1. The Morgan fingerprint density at radius 3 is 3.11 bits per heavy atom. The van der Waals surface area contributed by atoms with Gasteiger partial charge in [-0.2, -0.15) is 0 Å². The van der Waals surface area contributed by atoms with E-state index in [9.17, 15) is 4.79 Å². The molecule has 1 amide bonds. The standard InChI is InChI=1S/C15H22N2O2/c1-11(6-7-18)9-17-15(19)8-12-10-16-14-5-3-2-4-13(12)14/h2-5,11-12,16,18H,6-10H2,1H3,(H,17,19). The first-order valence-electron chi connectivity index (χ1n) is 6.91. The molecule has 0 saturated heterocycles. The molecule has 2 rings (SSSR count). The largest absolute Gasteiger partial charge is 0.396 e. The van der Waals surface area contributed by atoms with Crippen molar-refractivity contribution in [2.45, 2.75) is 25.7 Å². The van der Waals surface area contributed by atoms with Crippen molar-refractivity contribution in [3.05, 3.63) is 29.8 Å². The molecular formula is C15H22N2O2. The van der Waals surface area contributed by atoms with Gasteiger partial charge < -0.3 is 15.7 Å². The number of carbonyl (C=O) groups is 1. The van der Waals surface area contributed by atoms with Crippen LogP contribution in [-0.2, 0) is 4.79 Å². The summed E-state index contributed by atoms with van der Waals surface area (Å²) in [6, 6.07) is 8.16. The molecule has 0 aliphatic carbocycles. The number of para-hydroxylation sites is 1. The van der Waals surface area contributed by atoms with Gasteiger partial charge in [0.1, 0.15) is 0 Å². The third-order valence-corrected chi connectivity index (χ3v) is 3.64. The number of amides is 1. The van der Waals surface area contributed by atoms with Gasteiger partial charge >= 0.3 is 0 Å². The summed E-state index contributed by atoms with van der Waals surface area (Å²) in [5.41, 5.74) is 2.38. The minimum absolute atomic E-state index is 0.0910. The molecule has 2 atom stereocenters. The summed E-state index contributed by atoms with van der Waals surface area (Å²) in [7, 11) is 0. The molecule has 3 N–H and O–H groups in total. The Bertz CT molecular complexity index is 434. The van der Waals surface area contributed by atoms with Crippen LogP contribution in [0, 0.1) is 5.92 Å². The van der Waals surface area contributed by atoms with Crippen LogP contribution in [0.2, 0.25) is 0 Å². The van der Waals surface area contributed by atoms with Crippen molar-refractivity contribution in [2.24, 2.45) is 5.92 Å². The molecule has 19 heavy (non-hydrogen) atoms. The van der Waals surface area contributed by atoms with Crippen molar-refractivity contribution in [1.82, 2.24) is 5.32 Å². The first-order valence-corrected chi connectivity index (χ1v) is 6.91. The second kappa shape index (κ2) is 6.57. The summed E-state index contributed by atoms with van der Waals surface area (Å²) >= 11 is 0. The van der Waals surface area contributed by atoms with Gasteiger partial charge in [0.2, 0.25) is 5.91 Å². The molecule has 4 nitrogen and oxygen atoms in total. The number of nitrogens with one attached hydrogen (secondary N) is 2. The lowest BCUT2D eigenvalue weighted by atomic mass is 9.97. The van der Waals surface area contributed by atoms with Gasteiger partial charge in [0.25, 0.3) is 0 Å². The summed E-state index contributed by atoms with van der Waals surface area (Å²) in [5.74, 6) is 0.681. The van der Waals surface area contributed by atoms with E-state index in [0.29, 0.717) is 18.9 Å². The Balaban J connectivity index is 1.81. The van der Waals surface area contributed by atoms with Crippen LogP contribution in [0.5, 0.6) is 0 Å². The highest BCUT2D eigenvalue weighted by Gasteiger charge is 2.23. The molecule has 1 aromatic rings. The maximum atomic E-state index is 11.9. The number of rotatable bonds is 6. The number of aliphatic hydroxyl groups is 1. The number of fused-ring (bicyclic) bond motifs is 1. The van der Waals surface area contributed by atoms with Crippen LogP contribution in [0.25, 0.3) is 0 Å². The summed E-state index contributed by atoms with van der Waals surface area (Å²) in [6.07, 6.45) is 1.25. The minimum atomic E-state index is 0.0910. The Morgan fingerprint density at radius 2 is 2.32 bits per heavy atom. The van der Waals surface area contributed by atoms with Gasteiger partial charge in [-0.15, -0.1) is 0 Å². The first kappa shape index (κ1) is 13.9. The highest BCUT2D eigenvalue weighted by Crippen LogP contribution is 2.32. The molecule has 0 aromatic heterocycles. The smallest absolute Gasteiger partial charge is 0.220 e. The number of hydrogen-bond donors (Lipinski definition) is 3. The van der Waals surface area contributed by atoms with Gasteiger partial charge in [0, 0.05) is 37.7 Å². The molecule has 0 fully saturated rings. The highest BCUT2D eigenvalue weighted by molar-refractivity contribution is 5.78. The quantitative estimate of drug-likeness (QED) is 0.731. The molecule has 1 heterocycles. The zero-order valence-electron chi connectivity index (χ0n) is 11.4. The Hall–Kier alpha value is -1.55. The molecule has 0 radical (unpaired) electrons. The van der Waals surface area contributed by atoms with Crippen LogP contribution >= 0.6 is 0 Å². The van der Waals surface area contributed by atoms with Gasteiger partial charge in [-0.1, -0.05) is 25.1 Å². The predicted octanol–water partition coefficient (Wildman–Crippen LogP) is 1.72. The van der Waals surface area contributed by atoms with E-state index in [1.54, 1.807) is 0 Å². The van der Waals surface area contributed by atoms with E-state index in [2.05, 4.69) is 22.8 Å². The Morgan fingerprint density at radius 1 is 1.53 bits per heavy atom. The zero-order chi connectivity index (χ0) is 13.7. The lowest BCUT2D eigenvalue weighted by molar-refractivity contribution is -0.121. The zero-order valence-corrected chi connectivity index (χ0v) is 11.4. The fourth-order valence-electron chi connectivity index (χ4n) is 2.45. The lowest BCUT2D eigenvalue weighted by Gasteiger charge is -2.13. The monoisotopic (exact) mass is 262 g/mol. The van der Waals surface area contributed by atoms with Crippen LogP contribution in [0.15, 0.2) is 24.3 Å². The minimum Gasteiger partial charge on any atom is -0.396 e. The van der Waals surface area contributed by atoms with Crippen LogP contribution in [0.4, 0.5) is 5.69 Å². The van der Waals surface area contributed by atoms with Crippen molar-refractivity contribution in [3.63, 3.8) is 0 Å². The van der Waals surface area contributed by atoms with Crippen molar-refractivity contribution in [2.75, 3.05) is 25.0 Å². The summed E-state index contributed by atoms with van der Waals surface area (Å²) in [6.45, 7) is 3.68. The van der Waals surface area contributed by atoms with Gasteiger partial charge in [-0.3, -0.25) is 4.79 Å². The predicted molar refractivity (Wildman–Crippen MR) is 76.2 cm³/mol. The van der Waals surface area contributed by atoms with Gasteiger partial charge in [0.15, 0.2) is 0 Å². The summed E-state index contributed by atoms with van der Waals surface area (Å²) < 4.78 is 0. The number of hydrogen-bond acceptors (Lipinski definition) is 3. The van der Waals surface area contributed by atoms with Crippen molar-refractivity contribution < 1.29 is 9.90 Å². The van der Waals surface area contributed by atoms with E-state index in [1.807, 2.05) is 19.1 Å². The van der Waals surface area contributed by atoms with Crippen LogP contribution in [0.1, 0.15) is 31.2 Å². The molecule has 0 bridgehead atoms. The molecule has 104 valence electrons. The molecule has 0 spiro atoms. The maximum Gasteiger partial charge on any atom is 0.220 e. The fourth-order valence-corrected chi connectivity index (χ4v) is 2.45. The molecule has 4 heteroatoms. The SMILES string of the molecule is CC(CCO)CNC(=O)CC1CNc2ccccc21. The summed E-state index contributed by atoms with van der Waals surface area (Å²) in [4.78, 5) is 11.9. The van der Waals surface area contributed by atoms with Crippen molar-refractivity contribution in [1.29, 1.82) is 0 Å². The Labute approximate surface area is 114 Å². The number of benzene rings is 1. The highest BCUT2D eigenvalue weighted by atomic mass is 16.3. The summed E-state index contributed by atoms with van der Waals surface area (Å²) in [5, 5.41) is 15.1. The molecule has 1 aliphatic heterocycles. The normalized spacial score (nSPS) is 18.5. The second-order valence-electron chi connectivity index (χ2n) is 5.29. The first-order chi connectivity index (χ1) is 9.20. The van der Waals surface area contributed by atoms with E-state index in [0.717, 1.165) is 18.7 Å². The Kier molecular flexibility index (Phi) is 4.80. The van der Waals surface area contributed by atoms with E-state index in [-0.39, 0.29) is 18.4 Å². The molecule has 2 unspecified atom stereocenters.